The van der Waals surface area contributed by atoms with E-state index in [1.807, 2.05) is 13.8 Å². The zero-order valence-electron chi connectivity index (χ0n) is 12.8. The van der Waals surface area contributed by atoms with Gasteiger partial charge in [-0.1, -0.05) is 30.3 Å². The molecule has 3 aromatic rings. The fourth-order valence-electron chi connectivity index (χ4n) is 2.73. The number of anilines is 1. The third-order valence-corrected chi connectivity index (χ3v) is 4.87. The van der Waals surface area contributed by atoms with E-state index in [0.29, 0.717) is 16.7 Å². The molecule has 0 saturated carbocycles. The zero-order chi connectivity index (χ0) is 16.0. The molecule has 1 fully saturated rings. The van der Waals surface area contributed by atoms with E-state index >= 15 is 0 Å². The van der Waals surface area contributed by atoms with E-state index in [1.54, 1.807) is 0 Å². The van der Waals surface area contributed by atoms with Crippen LogP contribution in [0.3, 0.4) is 0 Å². The van der Waals surface area contributed by atoms with Crippen LogP contribution >= 0.6 is 11.3 Å². The number of hydrogen-bond acceptors (Lipinski definition) is 8. The minimum atomic E-state index is -0.171. The Balaban J connectivity index is 1.71. The SMILES string of the molecule is CC(C)c1nc(C2CCCN2c2nn3c(=O)ccnc3s2)no1. The van der Waals surface area contributed by atoms with E-state index in [0.717, 1.165) is 24.5 Å². The Morgan fingerprint density at radius 3 is 3.04 bits per heavy atom. The van der Waals surface area contributed by atoms with Crippen LogP contribution in [-0.4, -0.2) is 31.3 Å². The summed E-state index contributed by atoms with van der Waals surface area (Å²) in [5, 5.41) is 9.31. The van der Waals surface area contributed by atoms with Crippen molar-refractivity contribution in [2.45, 2.75) is 38.6 Å². The molecule has 0 N–H and O–H groups in total. The Labute approximate surface area is 135 Å². The Bertz CT molecular complexity index is 898. The maximum atomic E-state index is 11.8. The lowest BCUT2D eigenvalue weighted by Gasteiger charge is -2.20. The van der Waals surface area contributed by atoms with Crippen LogP contribution in [-0.2, 0) is 0 Å². The average molecular weight is 332 g/mol. The lowest BCUT2D eigenvalue weighted by Crippen LogP contribution is -2.24. The molecule has 4 heterocycles. The second kappa shape index (κ2) is 5.41. The van der Waals surface area contributed by atoms with Crippen molar-refractivity contribution in [3.63, 3.8) is 0 Å². The summed E-state index contributed by atoms with van der Waals surface area (Å²) in [7, 11) is 0. The van der Waals surface area contributed by atoms with Crippen molar-refractivity contribution in [3.8, 4) is 0 Å². The first-order chi connectivity index (χ1) is 11.1. The Hall–Kier alpha value is -2.29. The smallest absolute Gasteiger partial charge is 0.275 e. The van der Waals surface area contributed by atoms with Crippen molar-refractivity contribution in [3.05, 3.63) is 34.3 Å². The van der Waals surface area contributed by atoms with Gasteiger partial charge in [0.05, 0.1) is 6.04 Å². The molecule has 1 atom stereocenters. The normalized spacial score (nSPS) is 18.4. The number of nitrogens with zero attached hydrogens (tertiary/aromatic N) is 6. The molecular weight excluding hydrogens is 316 g/mol. The summed E-state index contributed by atoms with van der Waals surface area (Å²) >= 11 is 1.40. The zero-order valence-corrected chi connectivity index (χ0v) is 13.7. The number of fused-ring (bicyclic) bond motifs is 1. The van der Waals surface area contributed by atoms with Crippen LogP contribution in [0, 0.1) is 0 Å². The van der Waals surface area contributed by atoms with Gasteiger partial charge in [0.15, 0.2) is 5.82 Å². The van der Waals surface area contributed by atoms with Crippen LogP contribution in [0.4, 0.5) is 5.13 Å². The maximum absolute atomic E-state index is 11.8. The van der Waals surface area contributed by atoms with E-state index in [4.69, 9.17) is 4.52 Å². The maximum Gasteiger partial charge on any atom is 0.275 e. The molecule has 0 radical (unpaired) electrons. The highest BCUT2D eigenvalue weighted by Crippen LogP contribution is 2.36. The first-order valence-electron chi connectivity index (χ1n) is 7.58. The van der Waals surface area contributed by atoms with E-state index in [2.05, 4.69) is 25.1 Å². The summed E-state index contributed by atoms with van der Waals surface area (Å²) in [6.07, 6.45) is 3.47. The molecule has 0 amide bonds. The lowest BCUT2D eigenvalue weighted by atomic mass is 10.2. The van der Waals surface area contributed by atoms with E-state index < -0.39 is 0 Å². The summed E-state index contributed by atoms with van der Waals surface area (Å²) in [5.41, 5.74) is -0.171. The molecule has 0 aromatic carbocycles. The van der Waals surface area contributed by atoms with Crippen LogP contribution in [0.5, 0.6) is 0 Å². The topological polar surface area (TPSA) is 89.4 Å². The minimum Gasteiger partial charge on any atom is -0.339 e. The molecule has 1 aliphatic rings. The summed E-state index contributed by atoms with van der Waals surface area (Å²) in [6, 6.07) is 1.44. The van der Waals surface area contributed by atoms with Crippen molar-refractivity contribution in [2.24, 2.45) is 0 Å². The molecule has 1 unspecified atom stereocenters. The number of rotatable bonds is 3. The van der Waals surface area contributed by atoms with Crippen molar-refractivity contribution in [2.75, 3.05) is 11.4 Å². The van der Waals surface area contributed by atoms with Crippen LogP contribution < -0.4 is 10.5 Å². The second-order valence-electron chi connectivity index (χ2n) is 5.86. The fourth-order valence-corrected chi connectivity index (χ4v) is 3.68. The number of hydrogen-bond donors (Lipinski definition) is 0. The van der Waals surface area contributed by atoms with Crippen LogP contribution in [0.15, 0.2) is 21.6 Å². The van der Waals surface area contributed by atoms with Gasteiger partial charge in [-0.05, 0) is 12.8 Å². The molecule has 120 valence electrons. The van der Waals surface area contributed by atoms with Gasteiger partial charge in [-0.2, -0.15) is 9.50 Å². The molecule has 1 saturated heterocycles. The van der Waals surface area contributed by atoms with Crippen molar-refractivity contribution in [1.29, 1.82) is 0 Å². The lowest BCUT2D eigenvalue weighted by molar-refractivity contribution is 0.358. The molecule has 0 bridgehead atoms. The predicted molar refractivity (Wildman–Crippen MR) is 84.8 cm³/mol. The van der Waals surface area contributed by atoms with Gasteiger partial charge in [0.25, 0.3) is 5.56 Å². The third kappa shape index (κ3) is 2.40. The highest BCUT2D eigenvalue weighted by Gasteiger charge is 2.32. The van der Waals surface area contributed by atoms with E-state index in [-0.39, 0.29) is 17.5 Å². The first kappa shape index (κ1) is 14.3. The molecule has 3 aromatic heterocycles. The molecule has 4 rings (SSSR count). The van der Waals surface area contributed by atoms with Crippen LogP contribution in [0.2, 0.25) is 0 Å². The van der Waals surface area contributed by atoms with E-state index in [9.17, 15) is 4.79 Å². The molecular formula is C14H16N6O2S. The predicted octanol–water partition coefficient (Wildman–Crippen LogP) is 2.00. The van der Waals surface area contributed by atoms with Crippen LogP contribution in [0.1, 0.15) is 50.4 Å². The number of aromatic nitrogens is 5. The quantitative estimate of drug-likeness (QED) is 0.724. The molecule has 8 nitrogen and oxygen atoms in total. The van der Waals surface area contributed by atoms with Crippen molar-refractivity contribution >= 4 is 21.4 Å². The van der Waals surface area contributed by atoms with Gasteiger partial charge >= 0.3 is 0 Å². The van der Waals surface area contributed by atoms with Crippen molar-refractivity contribution in [1.82, 2.24) is 24.7 Å². The minimum absolute atomic E-state index is 0.0301. The van der Waals surface area contributed by atoms with Gasteiger partial charge in [0.1, 0.15) is 0 Å². The molecule has 1 aliphatic heterocycles. The van der Waals surface area contributed by atoms with Crippen LogP contribution in [0.25, 0.3) is 4.96 Å². The van der Waals surface area contributed by atoms with Gasteiger partial charge < -0.3 is 9.42 Å². The summed E-state index contributed by atoms with van der Waals surface area (Å²) in [6.45, 7) is 4.90. The first-order valence-corrected chi connectivity index (χ1v) is 8.40. The largest absolute Gasteiger partial charge is 0.339 e. The monoisotopic (exact) mass is 332 g/mol. The van der Waals surface area contributed by atoms with Gasteiger partial charge in [0.2, 0.25) is 16.0 Å². The molecule has 9 heteroatoms. The third-order valence-electron chi connectivity index (χ3n) is 3.91. The van der Waals surface area contributed by atoms with Gasteiger partial charge in [-0.3, -0.25) is 4.79 Å². The highest BCUT2D eigenvalue weighted by molar-refractivity contribution is 7.20. The summed E-state index contributed by atoms with van der Waals surface area (Å²) in [5.74, 6) is 1.54. The Kier molecular flexibility index (Phi) is 3.37. The Morgan fingerprint density at radius 2 is 2.30 bits per heavy atom. The Morgan fingerprint density at radius 1 is 1.43 bits per heavy atom. The van der Waals surface area contributed by atoms with Gasteiger partial charge in [-0.15, -0.1) is 5.10 Å². The fraction of sp³-hybridized carbons (Fsp3) is 0.500. The van der Waals surface area contributed by atoms with E-state index in [1.165, 1.54) is 28.1 Å². The highest BCUT2D eigenvalue weighted by atomic mass is 32.1. The van der Waals surface area contributed by atoms with Gasteiger partial charge in [-0.25, -0.2) is 4.98 Å². The van der Waals surface area contributed by atoms with Gasteiger partial charge in [0, 0.05) is 24.7 Å². The second-order valence-corrected chi connectivity index (χ2v) is 6.79. The molecule has 23 heavy (non-hydrogen) atoms. The molecule has 0 aliphatic carbocycles. The molecule has 0 spiro atoms. The standard InChI is InChI=1S/C14H16N6O2S/c1-8(2)12-16-11(18-22-12)9-4-3-7-19(9)14-17-20-10(21)5-6-15-13(20)23-14/h5-6,8-9H,3-4,7H2,1-2H3. The summed E-state index contributed by atoms with van der Waals surface area (Å²) < 4.78 is 6.67. The average Bonchev–Trinajstić information content (AvgIpc) is 3.25. The van der Waals surface area contributed by atoms with Crippen molar-refractivity contribution < 1.29 is 4.52 Å². The summed E-state index contributed by atoms with van der Waals surface area (Å²) in [4.78, 5) is 23.3.